The van der Waals surface area contributed by atoms with E-state index in [-0.39, 0.29) is 91.2 Å². The number of benzene rings is 6. The molecule has 32 nitrogen and oxygen atoms in total. The second kappa shape index (κ2) is 32.9. The number of aryl methyl sites for hydroxylation is 1. The van der Waals surface area contributed by atoms with Crippen molar-refractivity contribution >= 4 is 70.5 Å². The van der Waals surface area contributed by atoms with Crippen LogP contribution in [0.4, 0.5) is 5.69 Å². The molecule has 0 unspecified atom stereocenters. The van der Waals surface area contributed by atoms with Crippen LogP contribution in [0.5, 0.6) is 46.0 Å². The summed E-state index contributed by atoms with van der Waals surface area (Å²) in [5.41, 5.74) is 4.77. The van der Waals surface area contributed by atoms with Gasteiger partial charge in [-0.3, -0.25) is 43.2 Å². The van der Waals surface area contributed by atoms with E-state index in [1.165, 1.54) is 75.7 Å². The Labute approximate surface area is 646 Å². The van der Waals surface area contributed by atoms with E-state index in [0.29, 0.717) is 23.3 Å². The van der Waals surface area contributed by atoms with Crippen molar-refractivity contribution in [3.8, 4) is 57.1 Å². The van der Waals surface area contributed by atoms with E-state index in [1.807, 2.05) is 13.8 Å². The van der Waals surface area contributed by atoms with Crippen molar-refractivity contribution in [2.24, 2.45) is 35.3 Å². The number of carbonyl (C=O) groups is 9. The van der Waals surface area contributed by atoms with E-state index in [0.717, 1.165) is 56.4 Å². The zero-order valence-corrected chi connectivity index (χ0v) is 62.2. The number of carbonyl (C=O) groups excluding carboxylic acids is 9. The summed E-state index contributed by atoms with van der Waals surface area (Å²) in [6.07, 6.45) is -10.6. The molecule has 15 bridgehead atoms. The summed E-state index contributed by atoms with van der Waals surface area (Å²) in [5.74, 6) is -11.8. The number of hydrogen-bond acceptors (Lipinski definition) is 23. The predicted octanol–water partition coefficient (Wildman–Crippen LogP) is 2.86. The maximum absolute atomic E-state index is 16.3. The second-order valence-corrected chi connectivity index (χ2v) is 30.7. The van der Waals surface area contributed by atoms with Crippen LogP contribution in [0.1, 0.15) is 128 Å². The first-order chi connectivity index (χ1) is 53.4. The van der Waals surface area contributed by atoms with Gasteiger partial charge in [-0.1, -0.05) is 49.7 Å². The van der Waals surface area contributed by atoms with Crippen molar-refractivity contribution in [1.82, 2.24) is 42.5 Å². The summed E-state index contributed by atoms with van der Waals surface area (Å²) in [6.45, 7) is 4.28. The molecule has 1 saturated heterocycles. The Hall–Kier alpha value is -10.7. The van der Waals surface area contributed by atoms with E-state index in [4.69, 9.17) is 41.0 Å². The molecule has 0 aromatic heterocycles. The summed E-state index contributed by atoms with van der Waals surface area (Å²) in [6, 6.07) is 8.40. The lowest BCUT2D eigenvalue weighted by molar-refractivity contribution is -0.277. The maximum Gasteiger partial charge on any atom is 0.248 e. The van der Waals surface area contributed by atoms with Gasteiger partial charge >= 0.3 is 0 Å². The van der Waals surface area contributed by atoms with Crippen LogP contribution in [0.15, 0.2) is 103 Å². The zero-order valence-electron chi connectivity index (χ0n) is 61.5. The lowest BCUT2D eigenvalue weighted by Crippen LogP contribution is -2.60. The van der Waals surface area contributed by atoms with Gasteiger partial charge in [0.05, 0.1) is 37.6 Å². The molecule has 9 amide bonds. The molecular formula is C79H89ClN10O22. The molecule has 594 valence electrons. The third-order valence-electron chi connectivity index (χ3n) is 22.0. The number of nitrogens with two attached hydrogens (primary N) is 1. The first kappa shape index (κ1) is 79.4. The van der Waals surface area contributed by atoms with E-state index in [1.54, 1.807) is 24.3 Å². The van der Waals surface area contributed by atoms with E-state index in [2.05, 4.69) is 47.9 Å². The molecule has 0 spiro atoms. The second-order valence-electron chi connectivity index (χ2n) is 30.2. The minimum absolute atomic E-state index is 0.0116. The molecule has 112 heavy (non-hydrogen) atoms. The van der Waals surface area contributed by atoms with Crippen LogP contribution in [0.25, 0.3) is 11.1 Å². The average molecular weight is 1570 g/mol. The average Bonchev–Trinajstić information content (AvgIpc) is 0.756. The normalized spacial score (nSPS) is 28.3. The Kier molecular flexibility index (Phi) is 23.4. The number of phenols is 2. The number of primary amides is 1. The molecule has 16 rings (SSSR count). The van der Waals surface area contributed by atoms with Crippen LogP contribution < -0.4 is 72.5 Å². The highest BCUT2D eigenvalue weighted by Gasteiger charge is 2.51. The van der Waals surface area contributed by atoms with Crippen molar-refractivity contribution in [2.45, 2.75) is 163 Å². The number of anilines is 1. The lowest BCUT2D eigenvalue weighted by Gasteiger charge is -2.54. The number of amides is 9. The summed E-state index contributed by atoms with van der Waals surface area (Å²) in [7, 11) is 2.98. The van der Waals surface area contributed by atoms with Crippen LogP contribution in [-0.4, -0.2) is 176 Å². The third kappa shape index (κ3) is 16.6. The first-order valence-electron chi connectivity index (χ1n) is 36.9. The van der Waals surface area contributed by atoms with Gasteiger partial charge in [-0.05, 0) is 200 Å². The Balaban J connectivity index is 1.00. The molecule has 33 heteroatoms. The maximum atomic E-state index is 16.3. The molecule has 6 aromatic carbocycles. The largest absolute Gasteiger partial charge is 0.507 e. The van der Waals surface area contributed by atoms with Crippen molar-refractivity contribution in [2.75, 3.05) is 26.1 Å². The fourth-order valence-corrected chi connectivity index (χ4v) is 16.8. The summed E-state index contributed by atoms with van der Waals surface area (Å²) < 4.78 is 30.8. The predicted molar refractivity (Wildman–Crippen MR) is 398 cm³/mol. The van der Waals surface area contributed by atoms with Crippen LogP contribution in [0, 0.1) is 36.5 Å². The lowest BCUT2D eigenvalue weighted by atomic mass is 9.54. The van der Waals surface area contributed by atoms with Crippen molar-refractivity contribution in [3.63, 3.8) is 0 Å². The highest BCUT2D eigenvalue weighted by molar-refractivity contribution is 6.32. The fraction of sp³-hybridized carbons (Fsp3) is 0.430. The zero-order chi connectivity index (χ0) is 80.0. The monoisotopic (exact) mass is 1560 g/mol. The van der Waals surface area contributed by atoms with Crippen LogP contribution in [0.2, 0.25) is 5.02 Å². The number of fused-ring (bicyclic) bond motifs is 15. The van der Waals surface area contributed by atoms with Gasteiger partial charge in [-0.2, -0.15) is 0 Å². The molecule has 6 heterocycles. The van der Waals surface area contributed by atoms with E-state index >= 15 is 24.0 Å². The van der Waals surface area contributed by atoms with Gasteiger partial charge in [0, 0.05) is 22.9 Å². The Morgan fingerprint density at radius 2 is 1.29 bits per heavy atom. The molecule has 6 aliphatic heterocycles. The van der Waals surface area contributed by atoms with Crippen LogP contribution in [0.3, 0.4) is 0 Å². The fourth-order valence-electron chi connectivity index (χ4n) is 16.6. The topological polar surface area (TPSA) is 496 Å². The third-order valence-corrected chi connectivity index (χ3v) is 22.3. The minimum Gasteiger partial charge on any atom is -0.507 e. The first-order valence-corrected chi connectivity index (χ1v) is 37.3. The summed E-state index contributed by atoms with van der Waals surface area (Å²) in [4.78, 5) is 136. The number of methoxy groups -OCH3 is 1. The van der Waals surface area contributed by atoms with Gasteiger partial charge in [0.1, 0.15) is 102 Å². The number of aliphatic hydroxyl groups is 6. The highest BCUT2D eigenvalue weighted by atomic mass is 35.5. The van der Waals surface area contributed by atoms with Gasteiger partial charge in [-0.15, -0.1) is 0 Å². The molecule has 6 aromatic rings. The number of likely N-dealkylation sites (N-methyl/N-ethyl adjacent to an activating group) is 1. The standard InChI is InChI=1S/C79H89ClN10O22/c1-32(2)16-48(82-4)72(101)89-64-66(96)38-7-14-52(33(3)17-38)109-54-28-42-29-55(71(54)112-79-70(100)69(99)68(98)56(31-91)111-79)110-53-15-8-39(27-47(53)80)67(97)65-78(107)88-63(76(105)85-60-40-19-34-18-35(21-40)22-41(60)20-34)46-23-36(25-58(95)83-43-9-11-44(108-5)12-10-43)24-51(93)59(46)45-26-37(6-13-50(45)92)61(74(103)90-65)87-75(104)62(42)86-73(102)49(30-57(81)94)84-77(64)106/h6-15,17,23-24,26-29,32,34-35,40-41,48-49,56,60-70,79,82,91-93,96-100H,16,18-22,25,30-31H2,1-5H3,(H2,81,94)(H,83,95)(H,84,106)(H,85,105)(H,86,102)(H,87,104)(H,88,107)(H,89,101)(H,90,103)/t34?,35?,40?,41?,48-,49+,56-,60?,61-,62-,63+,64-,65+,66-,67-,68-,69+,70-,79+/m1/s1. The molecule has 4 saturated carbocycles. The van der Waals surface area contributed by atoms with Crippen LogP contribution in [-0.2, 0) is 54.3 Å². The van der Waals surface area contributed by atoms with Gasteiger partial charge in [0.2, 0.25) is 65.2 Å². The molecule has 0 radical (unpaired) electrons. The van der Waals surface area contributed by atoms with Gasteiger partial charge < -0.3 is 118 Å². The minimum atomic E-state index is -2.28. The molecule has 14 atom stereocenters. The van der Waals surface area contributed by atoms with Crippen molar-refractivity contribution in [1.29, 1.82) is 0 Å². The van der Waals surface area contributed by atoms with Crippen LogP contribution >= 0.6 is 11.6 Å². The smallest absolute Gasteiger partial charge is 0.248 e. The number of nitrogens with one attached hydrogen (secondary N) is 9. The quantitative estimate of drug-likeness (QED) is 0.0662. The van der Waals surface area contributed by atoms with Crippen molar-refractivity contribution in [3.05, 3.63) is 147 Å². The number of aromatic hydroxyl groups is 2. The number of phenolic OH excluding ortho intramolecular Hbond substituents is 2. The SMILES string of the molecule is CN[C@H](CC(C)C)C(=O)N[C@H]1C(=O)N[C@@H](CC(N)=O)C(=O)N[C@H]2C(=O)N[C@H]3C(=O)N[C@H](C(=O)N[C@H](C(=O)NC4C5CC6CC(C5)CC4C6)c4cc(CC(=O)Nc5ccc(OC)cc5)cc(O)c4-c4cc3ccc4O)[C@H](O)c3ccc(c(Cl)c3)Oc3cc2cc(c3O[C@@H]2O[C@H](CO)[C@@H](O)[C@H](O)[C@H]2O)Oc2ccc(cc2C)[C@H]1O. The van der Waals surface area contributed by atoms with Gasteiger partial charge in [0.15, 0.2) is 11.5 Å². The molecule has 4 aliphatic carbocycles. The van der Waals surface area contributed by atoms with Gasteiger partial charge in [-0.25, -0.2) is 0 Å². The van der Waals surface area contributed by atoms with Gasteiger partial charge in [0.25, 0.3) is 0 Å². The van der Waals surface area contributed by atoms with E-state index in [9.17, 15) is 60.0 Å². The Morgan fingerprint density at radius 3 is 1.92 bits per heavy atom. The van der Waals surface area contributed by atoms with Crippen molar-refractivity contribution < 1.29 is 108 Å². The number of aliphatic hydroxyl groups excluding tert-OH is 6. The Bertz CT molecular complexity index is 4650. The highest BCUT2D eigenvalue weighted by Crippen LogP contribution is 2.55. The molecule has 5 fully saturated rings. The molecule has 10 aliphatic rings. The number of hydrogen-bond donors (Lipinski definition) is 18. The number of rotatable bonds is 16. The molecule has 19 N–H and O–H groups in total. The number of ether oxygens (including phenoxy) is 5. The summed E-state index contributed by atoms with van der Waals surface area (Å²) >= 11 is 7.18. The Morgan fingerprint density at radius 1 is 0.652 bits per heavy atom. The number of halogens is 1. The summed E-state index contributed by atoms with van der Waals surface area (Å²) in [5, 5.41) is 118. The van der Waals surface area contributed by atoms with E-state index < -0.39 is 192 Å². The molecular weight excluding hydrogens is 1480 g/mol.